The number of aromatic amines is 1. The molecule has 1 fully saturated rings. The normalized spacial score (nSPS) is 25.4. The first-order valence-electron chi connectivity index (χ1n) is 6.85. The maximum atomic E-state index is 4.15. The highest BCUT2D eigenvalue weighted by Gasteiger charge is 2.26. The molecule has 2 N–H and O–H groups in total. The lowest BCUT2D eigenvalue weighted by Gasteiger charge is -2.35. The molecule has 0 amide bonds. The fraction of sp³-hybridized carbons (Fsp3) is 0.846. The Labute approximate surface area is 104 Å². The molecule has 4 heteroatoms. The van der Waals surface area contributed by atoms with Gasteiger partial charge in [0.05, 0.1) is 0 Å². The maximum Gasteiger partial charge on any atom is 0.137 e. The summed E-state index contributed by atoms with van der Waals surface area (Å²) in [7, 11) is 0. The van der Waals surface area contributed by atoms with Crippen LogP contribution in [0.25, 0.3) is 0 Å². The minimum Gasteiger partial charge on any atom is -0.313 e. The highest BCUT2D eigenvalue weighted by molar-refractivity contribution is 4.85. The minimum absolute atomic E-state index is 0.701. The lowest BCUT2D eigenvalue weighted by molar-refractivity contribution is 0.206. The average Bonchev–Trinajstić information content (AvgIpc) is 2.82. The quantitative estimate of drug-likeness (QED) is 0.823. The van der Waals surface area contributed by atoms with E-state index in [4.69, 9.17) is 0 Å². The summed E-state index contributed by atoms with van der Waals surface area (Å²) >= 11 is 0. The summed E-state index contributed by atoms with van der Waals surface area (Å²) in [6.07, 6.45) is 8.03. The molecule has 0 radical (unpaired) electrons. The fourth-order valence-corrected chi connectivity index (χ4v) is 2.94. The third-order valence-electron chi connectivity index (χ3n) is 3.91. The van der Waals surface area contributed by atoms with Gasteiger partial charge in [-0.15, -0.1) is 0 Å². The molecule has 0 bridgehead atoms. The van der Waals surface area contributed by atoms with Gasteiger partial charge >= 0.3 is 0 Å². The first-order valence-corrected chi connectivity index (χ1v) is 6.85. The highest BCUT2D eigenvalue weighted by Crippen LogP contribution is 2.29. The van der Waals surface area contributed by atoms with E-state index in [9.17, 15) is 0 Å². The zero-order valence-corrected chi connectivity index (χ0v) is 10.9. The summed E-state index contributed by atoms with van der Waals surface area (Å²) < 4.78 is 0. The molecule has 0 spiro atoms. The van der Waals surface area contributed by atoms with E-state index in [1.54, 1.807) is 6.33 Å². The molecule has 0 aliphatic heterocycles. The second kappa shape index (κ2) is 6.15. The molecule has 2 rings (SSSR count). The zero-order chi connectivity index (χ0) is 12.1. The molecule has 1 heterocycles. The van der Waals surface area contributed by atoms with E-state index >= 15 is 0 Å². The molecule has 96 valence electrons. The van der Waals surface area contributed by atoms with E-state index in [0.717, 1.165) is 30.6 Å². The predicted octanol–water partition coefficient (Wildman–Crippen LogP) is 2.15. The van der Waals surface area contributed by atoms with Crippen molar-refractivity contribution in [2.24, 2.45) is 11.8 Å². The van der Waals surface area contributed by atoms with E-state index < -0.39 is 0 Å². The first-order chi connectivity index (χ1) is 8.27. The van der Waals surface area contributed by atoms with Gasteiger partial charge in [0.2, 0.25) is 0 Å². The number of nitrogens with zero attached hydrogens (tertiary/aromatic N) is 2. The van der Waals surface area contributed by atoms with Crippen LogP contribution in [0.2, 0.25) is 0 Å². The summed E-state index contributed by atoms with van der Waals surface area (Å²) in [6.45, 7) is 5.70. The van der Waals surface area contributed by atoms with Crippen molar-refractivity contribution in [2.75, 3.05) is 6.54 Å². The molecule has 2 unspecified atom stereocenters. The fourth-order valence-electron chi connectivity index (χ4n) is 2.94. The van der Waals surface area contributed by atoms with Gasteiger partial charge in [0.25, 0.3) is 0 Å². The molecule has 1 saturated carbocycles. The van der Waals surface area contributed by atoms with E-state index in [2.05, 4.69) is 34.3 Å². The SMILES string of the molecule is CC(C)C1CCCCC1NCCc1ncn[nH]1. The van der Waals surface area contributed by atoms with Crippen LogP contribution in [0.5, 0.6) is 0 Å². The van der Waals surface area contributed by atoms with Gasteiger partial charge in [0.1, 0.15) is 12.2 Å². The van der Waals surface area contributed by atoms with Crippen LogP contribution < -0.4 is 5.32 Å². The molecule has 1 aromatic rings. The second-order valence-corrected chi connectivity index (χ2v) is 5.44. The van der Waals surface area contributed by atoms with Gasteiger partial charge in [-0.3, -0.25) is 5.10 Å². The van der Waals surface area contributed by atoms with Crippen LogP contribution >= 0.6 is 0 Å². The van der Waals surface area contributed by atoms with Gasteiger partial charge in [-0.2, -0.15) is 5.10 Å². The van der Waals surface area contributed by atoms with E-state index in [-0.39, 0.29) is 0 Å². The van der Waals surface area contributed by atoms with Crippen molar-refractivity contribution in [1.82, 2.24) is 20.5 Å². The molecule has 1 aliphatic rings. The van der Waals surface area contributed by atoms with Gasteiger partial charge in [0, 0.05) is 19.0 Å². The Kier molecular flexibility index (Phi) is 4.54. The van der Waals surface area contributed by atoms with Crippen LogP contribution in [0, 0.1) is 11.8 Å². The van der Waals surface area contributed by atoms with Gasteiger partial charge < -0.3 is 5.32 Å². The maximum absolute atomic E-state index is 4.15. The Bertz CT molecular complexity index is 307. The number of aromatic nitrogens is 3. The monoisotopic (exact) mass is 236 g/mol. The lowest BCUT2D eigenvalue weighted by atomic mass is 9.78. The van der Waals surface area contributed by atoms with Gasteiger partial charge in [-0.1, -0.05) is 26.7 Å². The molecule has 17 heavy (non-hydrogen) atoms. The van der Waals surface area contributed by atoms with Gasteiger partial charge in [0.15, 0.2) is 0 Å². The number of rotatable bonds is 5. The molecular formula is C13H24N4. The van der Waals surface area contributed by atoms with E-state index in [0.29, 0.717) is 6.04 Å². The summed E-state index contributed by atoms with van der Waals surface area (Å²) in [5.41, 5.74) is 0. The third-order valence-corrected chi connectivity index (χ3v) is 3.91. The van der Waals surface area contributed by atoms with Crippen molar-refractivity contribution in [3.05, 3.63) is 12.2 Å². The first kappa shape index (κ1) is 12.6. The summed E-state index contributed by atoms with van der Waals surface area (Å²) in [5, 5.41) is 10.5. The van der Waals surface area contributed by atoms with Crippen molar-refractivity contribution >= 4 is 0 Å². The Morgan fingerprint density at radius 3 is 2.94 bits per heavy atom. The predicted molar refractivity (Wildman–Crippen MR) is 68.7 cm³/mol. The van der Waals surface area contributed by atoms with Gasteiger partial charge in [-0.25, -0.2) is 4.98 Å². The second-order valence-electron chi connectivity index (χ2n) is 5.44. The average molecular weight is 236 g/mol. The zero-order valence-electron chi connectivity index (χ0n) is 10.9. The minimum atomic E-state index is 0.701. The smallest absolute Gasteiger partial charge is 0.137 e. The largest absolute Gasteiger partial charge is 0.313 e. The molecule has 1 aliphatic carbocycles. The third kappa shape index (κ3) is 3.53. The molecular weight excluding hydrogens is 212 g/mol. The van der Waals surface area contributed by atoms with Gasteiger partial charge in [-0.05, 0) is 24.7 Å². The van der Waals surface area contributed by atoms with Crippen LogP contribution in [0.3, 0.4) is 0 Å². The Balaban J connectivity index is 1.76. The summed E-state index contributed by atoms with van der Waals surface area (Å²) in [5.74, 6) is 2.62. The topological polar surface area (TPSA) is 53.6 Å². The summed E-state index contributed by atoms with van der Waals surface area (Å²) in [4.78, 5) is 4.15. The van der Waals surface area contributed by atoms with Crippen molar-refractivity contribution in [3.63, 3.8) is 0 Å². The van der Waals surface area contributed by atoms with E-state index in [1.807, 2.05) is 0 Å². The number of hydrogen-bond donors (Lipinski definition) is 2. The highest BCUT2D eigenvalue weighted by atomic mass is 15.2. The number of hydrogen-bond acceptors (Lipinski definition) is 3. The van der Waals surface area contributed by atoms with Crippen molar-refractivity contribution < 1.29 is 0 Å². The number of nitrogens with one attached hydrogen (secondary N) is 2. The van der Waals surface area contributed by atoms with Crippen LogP contribution in [0.1, 0.15) is 45.4 Å². The standard InChI is InChI=1S/C13H24N4/c1-10(2)11-5-3-4-6-12(11)14-8-7-13-15-9-16-17-13/h9-12,14H,3-8H2,1-2H3,(H,15,16,17). The Morgan fingerprint density at radius 2 is 2.24 bits per heavy atom. The molecule has 2 atom stereocenters. The molecule has 0 saturated heterocycles. The van der Waals surface area contributed by atoms with Crippen LogP contribution in [0.4, 0.5) is 0 Å². The Hall–Kier alpha value is -0.900. The molecule has 0 aromatic carbocycles. The van der Waals surface area contributed by atoms with Crippen LogP contribution in [0.15, 0.2) is 6.33 Å². The summed E-state index contributed by atoms with van der Waals surface area (Å²) in [6, 6.07) is 0.701. The molecule has 1 aromatic heterocycles. The van der Waals surface area contributed by atoms with Crippen molar-refractivity contribution in [1.29, 1.82) is 0 Å². The van der Waals surface area contributed by atoms with E-state index in [1.165, 1.54) is 25.7 Å². The molecule has 4 nitrogen and oxygen atoms in total. The van der Waals surface area contributed by atoms with Crippen LogP contribution in [-0.2, 0) is 6.42 Å². The lowest BCUT2D eigenvalue weighted by Crippen LogP contribution is -2.41. The van der Waals surface area contributed by atoms with Crippen LogP contribution in [-0.4, -0.2) is 27.8 Å². The number of H-pyrrole nitrogens is 1. The van der Waals surface area contributed by atoms with Crippen molar-refractivity contribution in [2.45, 2.75) is 52.0 Å². The Morgan fingerprint density at radius 1 is 1.41 bits per heavy atom. The van der Waals surface area contributed by atoms with Crippen molar-refractivity contribution in [3.8, 4) is 0 Å².